The fraction of sp³-hybridized carbons (Fsp3) is 0.611. The summed E-state index contributed by atoms with van der Waals surface area (Å²) in [7, 11) is 0. The first-order chi connectivity index (χ1) is 11.5. The van der Waals surface area contributed by atoms with Crippen molar-refractivity contribution in [2.45, 2.75) is 32.1 Å². The van der Waals surface area contributed by atoms with E-state index in [0.29, 0.717) is 36.3 Å². The molecule has 1 aromatic heterocycles. The third-order valence-corrected chi connectivity index (χ3v) is 5.84. The van der Waals surface area contributed by atoms with E-state index < -0.39 is 0 Å². The van der Waals surface area contributed by atoms with Gasteiger partial charge in [-0.3, -0.25) is 9.59 Å². The topological polar surface area (TPSA) is 53.5 Å². The standard InChI is InChI=1S/C18H22ClN3O2/c19-15-3-1-2-14(20-15)17(24)21-8-6-18(7-9-21)10-16(23)22(12-18)11-13-4-5-13/h1-3,13H,4-12H2. The van der Waals surface area contributed by atoms with E-state index in [9.17, 15) is 9.59 Å². The number of nitrogens with zero attached hydrogens (tertiary/aromatic N) is 3. The van der Waals surface area contributed by atoms with Gasteiger partial charge in [-0.1, -0.05) is 17.7 Å². The maximum absolute atomic E-state index is 12.6. The lowest BCUT2D eigenvalue weighted by atomic mass is 9.77. The summed E-state index contributed by atoms with van der Waals surface area (Å²) in [6, 6.07) is 5.12. The largest absolute Gasteiger partial charge is 0.342 e. The van der Waals surface area contributed by atoms with Gasteiger partial charge < -0.3 is 9.80 Å². The molecule has 3 heterocycles. The normalized spacial score (nSPS) is 23.1. The highest BCUT2D eigenvalue weighted by Gasteiger charge is 2.46. The molecule has 1 aromatic rings. The molecule has 2 aliphatic heterocycles. The quantitative estimate of drug-likeness (QED) is 0.790. The molecule has 1 aliphatic carbocycles. The van der Waals surface area contributed by atoms with Gasteiger partial charge in [0.25, 0.3) is 5.91 Å². The minimum absolute atomic E-state index is 0.0634. The molecule has 0 atom stereocenters. The number of aromatic nitrogens is 1. The predicted octanol–water partition coefficient (Wildman–Crippen LogP) is 2.60. The van der Waals surface area contributed by atoms with Crippen molar-refractivity contribution in [2.24, 2.45) is 11.3 Å². The summed E-state index contributed by atoms with van der Waals surface area (Å²) >= 11 is 5.88. The Kier molecular flexibility index (Phi) is 3.99. The van der Waals surface area contributed by atoms with Crippen molar-refractivity contribution >= 4 is 23.4 Å². The molecule has 0 aromatic carbocycles. The van der Waals surface area contributed by atoms with Gasteiger partial charge in [-0.15, -0.1) is 0 Å². The summed E-state index contributed by atoms with van der Waals surface area (Å²) in [6.45, 7) is 3.20. The SMILES string of the molecule is O=C1CC2(CCN(C(=O)c3cccc(Cl)n3)CC2)CN1CC1CC1. The van der Waals surface area contributed by atoms with E-state index in [1.165, 1.54) is 12.8 Å². The lowest BCUT2D eigenvalue weighted by Crippen LogP contribution is -2.44. The summed E-state index contributed by atoms with van der Waals surface area (Å²) in [5, 5.41) is 0.339. The van der Waals surface area contributed by atoms with E-state index in [1.807, 2.05) is 4.90 Å². The lowest BCUT2D eigenvalue weighted by Gasteiger charge is -2.38. The van der Waals surface area contributed by atoms with Gasteiger partial charge in [0.2, 0.25) is 5.91 Å². The van der Waals surface area contributed by atoms with Gasteiger partial charge in [-0.2, -0.15) is 0 Å². The molecular formula is C18H22ClN3O2. The average Bonchev–Trinajstić information content (AvgIpc) is 3.33. The van der Waals surface area contributed by atoms with Crippen LogP contribution >= 0.6 is 11.6 Å². The third-order valence-electron chi connectivity index (χ3n) is 5.63. The minimum atomic E-state index is -0.0634. The van der Waals surface area contributed by atoms with Crippen molar-refractivity contribution < 1.29 is 9.59 Å². The number of amides is 2. The molecule has 1 spiro atoms. The van der Waals surface area contributed by atoms with Crippen molar-refractivity contribution in [3.05, 3.63) is 29.0 Å². The summed E-state index contributed by atoms with van der Waals surface area (Å²) in [4.78, 5) is 32.9. The van der Waals surface area contributed by atoms with Crippen molar-refractivity contribution in [3.8, 4) is 0 Å². The highest BCUT2D eigenvalue weighted by molar-refractivity contribution is 6.29. The maximum atomic E-state index is 12.6. The molecule has 0 radical (unpaired) electrons. The Balaban J connectivity index is 1.38. The van der Waals surface area contributed by atoms with Crippen molar-refractivity contribution in [2.75, 3.05) is 26.2 Å². The van der Waals surface area contributed by atoms with Gasteiger partial charge in [0, 0.05) is 38.0 Å². The molecule has 0 unspecified atom stereocenters. The van der Waals surface area contributed by atoms with Crippen LogP contribution in [0.4, 0.5) is 0 Å². The van der Waals surface area contributed by atoms with Crippen LogP contribution in [-0.2, 0) is 4.79 Å². The number of hydrogen-bond acceptors (Lipinski definition) is 3. The van der Waals surface area contributed by atoms with Gasteiger partial charge in [-0.25, -0.2) is 4.98 Å². The molecule has 0 bridgehead atoms. The second-order valence-electron chi connectivity index (χ2n) is 7.53. The van der Waals surface area contributed by atoms with Gasteiger partial charge in [0.15, 0.2) is 0 Å². The fourth-order valence-electron chi connectivity index (χ4n) is 3.97. The van der Waals surface area contributed by atoms with Crippen LogP contribution in [0.3, 0.4) is 0 Å². The van der Waals surface area contributed by atoms with Gasteiger partial charge >= 0.3 is 0 Å². The summed E-state index contributed by atoms with van der Waals surface area (Å²) in [6.07, 6.45) is 4.98. The van der Waals surface area contributed by atoms with Crippen LogP contribution in [-0.4, -0.2) is 52.8 Å². The number of pyridine rings is 1. The molecule has 24 heavy (non-hydrogen) atoms. The van der Waals surface area contributed by atoms with Gasteiger partial charge in [-0.05, 0) is 43.7 Å². The van der Waals surface area contributed by atoms with Gasteiger partial charge in [0.1, 0.15) is 10.8 Å². The summed E-state index contributed by atoms with van der Waals surface area (Å²) in [5.74, 6) is 0.976. The van der Waals surface area contributed by atoms with E-state index in [2.05, 4.69) is 9.88 Å². The van der Waals surface area contributed by atoms with Crippen LogP contribution in [0, 0.1) is 11.3 Å². The van der Waals surface area contributed by atoms with Crippen molar-refractivity contribution in [1.29, 1.82) is 0 Å². The molecule has 0 N–H and O–H groups in total. The molecule has 4 rings (SSSR count). The molecule has 5 nitrogen and oxygen atoms in total. The number of likely N-dealkylation sites (tertiary alicyclic amines) is 2. The monoisotopic (exact) mass is 347 g/mol. The average molecular weight is 348 g/mol. The Morgan fingerprint density at radius 2 is 2.04 bits per heavy atom. The highest BCUT2D eigenvalue weighted by atomic mass is 35.5. The number of carbonyl (C=O) groups excluding carboxylic acids is 2. The second-order valence-corrected chi connectivity index (χ2v) is 7.92. The van der Waals surface area contributed by atoms with Crippen LogP contribution in [0.25, 0.3) is 0 Å². The zero-order valence-electron chi connectivity index (χ0n) is 13.7. The van der Waals surface area contributed by atoms with Crippen LogP contribution in [0.5, 0.6) is 0 Å². The number of carbonyl (C=O) groups is 2. The van der Waals surface area contributed by atoms with Gasteiger partial charge in [0.05, 0.1) is 0 Å². The predicted molar refractivity (Wildman–Crippen MR) is 90.7 cm³/mol. The van der Waals surface area contributed by atoms with E-state index in [-0.39, 0.29) is 11.3 Å². The Morgan fingerprint density at radius 3 is 2.71 bits per heavy atom. The number of hydrogen-bond donors (Lipinski definition) is 0. The van der Waals surface area contributed by atoms with E-state index >= 15 is 0 Å². The first-order valence-electron chi connectivity index (χ1n) is 8.74. The Bertz CT molecular complexity index is 666. The number of piperidine rings is 1. The first-order valence-corrected chi connectivity index (χ1v) is 9.12. The van der Waals surface area contributed by atoms with Crippen molar-refractivity contribution in [3.63, 3.8) is 0 Å². The fourth-order valence-corrected chi connectivity index (χ4v) is 4.13. The maximum Gasteiger partial charge on any atom is 0.272 e. The lowest BCUT2D eigenvalue weighted by molar-refractivity contribution is -0.128. The summed E-state index contributed by atoms with van der Waals surface area (Å²) < 4.78 is 0. The molecule has 128 valence electrons. The summed E-state index contributed by atoms with van der Waals surface area (Å²) in [5.41, 5.74) is 0.473. The molecule has 1 saturated carbocycles. The number of halogens is 1. The highest BCUT2D eigenvalue weighted by Crippen LogP contribution is 2.42. The molecule has 2 amide bonds. The molecule has 2 saturated heterocycles. The second kappa shape index (κ2) is 6.03. The zero-order valence-corrected chi connectivity index (χ0v) is 14.5. The zero-order chi connectivity index (χ0) is 16.7. The van der Waals surface area contributed by atoms with Crippen LogP contribution < -0.4 is 0 Å². The Morgan fingerprint density at radius 1 is 1.29 bits per heavy atom. The Labute approximate surface area is 147 Å². The van der Waals surface area contributed by atoms with E-state index in [0.717, 1.165) is 31.8 Å². The van der Waals surface area contributed by atoms with E-state index in [4.69, 9.17) is 11.6 Å². The van der Waals surface area contributed by atoms with E-state index in [1.54, 1.807) is 18.2 Å². The molecular weight excluding hydrogens is 326 g/mol. The van der Waals surface area contributed by atoms with Crippen LogP contribution in [0.15, 0.2) is 18.2 Å². The molecule has 6 heteroatoms. The van der Waals surface area contributed by atoms with Crippen LogP contribution in [0.2, 0.25) is 5.15 Å². The minimum Gasteiger partial charge on any atom is -0.342 e. The van der Waals surface area contributed by atoms with Crippen LogP contribution in [0.1, 0.15) is 42.6 Å². The smallest absolute Gasteiger partial charge is 0.272 e. The van der Waals surface area contributed by atoms with Crippen molar-refractivity contribution in [1.82, 2.24) is 14.8 Å². The number of rotatable bonds is 3. The molecule has 3 fully saturated rings. The molecule has 3 aliphatic rings. The Hall–Kier alpha value is -1.62. The third kappa shape index (κ3) is 3.14. The first kappa shape index (κ1) is 15.9.